The molecule has 0 amide bonds. The van der Waals surface area contributed by atoms with Crippen LogP contribution >= 0.6 is 11.6 Å². The average molecular weight is 224 g/mol. The Labute approximate surface area is 95.4 Å². The Bertz CT molecular complexity index is 368. The number of terminal acetylenes is 1. The van der Waals surface area contributed by atoms with Gasteiger partial charge in [0.05, 0.1) is 6.61 Å². The van der Waals surface area contributed by atoms with E-state index in [-0.39, 0.29) is 6.04 Å². The zero-order valence-corrected chi connectivity index (χ0v) is 9.42. The Morgan fingerprint density at radius 1 is 1.60 bits per heavy atom. The van der Waals surface area contributed by atoms with Gasteiger partial charge >= 0.3 is 0 Å². The van der Waals surface area contributed by atoms with Crippen molar-refractivity contribution in [2.24, 2.45) is 5.73 Å². The molecule has 1 aromatic rings. The molecule has 0 bridgehead atoms. The lowest BCUT2D eigenvalue weighted by Crippen LogP contribution is -2.08. The quantitative estimate of drug-likeness (QED) is 0.629. The second-order valence-electron chi connectivity index (χ2n) is 3.27. The first-order valence-electron chi connectivity index (χ1n) is 4.76. The van der Waals surface area contributed by atoms with E-state index in [1.807, 2.05) is 19.1 Å². The fraction of sp³-hybridized carbons (Fsp3) is 0.333. The maximum absolute atomic E-state index is 5.88. The second kappa shape index (κ2) is 5.65. The predicted molar refractivity (Wildman–Crippen MR) is 63.0 cm³/mol. The minimum Gasteiger partial charge on any atom is -0.492 e. The second-order valence-corrected chi connectivity index (χ2v) is 3.71. The number of halogens is 1. The first-order chi connectivity index (χ1) is 7.15. The molecule has 0 aliphatic heterocycles. The summed E-state index contributed by atoms with van der Waals surface area (Å²) in [6.07, 6.45) is 5.72. The summed E-state index contributed by atoms with van der Waals surface area (Å²) in [5.41, 5.74) is 6.71. The molecule has 1 rings (SSSR count). The first kappa shape index (κ1) is 11.9. The molecule has 3 heteroatoms. The molecule has 0 aliphatic carbocycles. The summed E-state index contributed by atoms with van der Waals surface area (Å²) in [5.74, 6) is 3.27. The summed E-state index contributed by atoms with van der Waals surface area (Å²) in [6.45, 7) is 2.39. The van der Waals surface area contributed by atoms with Crippen LogP contribution < -0.4 is 10.5 Å². The molecule has 2 N–H and O–H groups in total. The van der Waals surface area contributed by atoms with Crippen LogP contribution in [0.2, 0.25) is 5.02 Å². The highest BCUT2D eigenvalue weighted by molar-refractivity contribution is 6.30. The van der Waals surface area contributed by atoms with E-state index in [0.29, 0.717) is 18.1 Å². The number of ether oxygens (including phenoxy) is 1. The molecule has 0 spiro atoms. The highest BCUT2D eigenvalue weighted by Gasteiger charge is 2.08. The number of benzene rings is 1. The van der Waals surface area contributed by atoms with Crippen molar-refractivity contribution in [3.05, 3.63) is 28.8 Å². The fourth-order valence-corrected chi connectivity index (χ4v) is 1.41. The monoisotopic (exact) mass is 223 g/mol. The average Bonchev–Trinajstić information content (AvgIpc) is 2.20. The molecular formula is C12H14ClNO. The summed E-state index contributed by atoms with van der Waals surface area (Å²) < 4.78 is 5.51. The van der Waals surface area contributed by atoms with E-state index < -0.39 is 0 Å². The van der Waals surface area contributed by atoms with Crippen LogP contribution in [0.15, 0.2) is 18.2 Å². The summed E-state index contributed by atoms with van der Waals surface area (Å²) in [7, 11) is 0. The lowest BCUT2D eigenvalue weighted by molar-refractivity contribution is 0.322. The Balaban J connectivity index is 2.82. The van der Waals surface area contributed by atoms with E-state index in [2.05, 4.69) is 5.92 Å². The smallest absolute Gasteiger partial charge is 0.124 e. The molecule has 0 saturated heterocycles. The van der Waals surface area contributed by atoms with Crippen LogP contribution in [0.4, 0.5) is 0 Å². The Kier molecular flexibility index (Phi) is 4.48. The highest BCUT2D eigenvalue weighted by Crippen LogP contribution is 2.27. The SMILES string of the molecule is C#CCCOc1ccc(Cl)cc1[C@H](C)N. The van der Waals surface area contributed by atoms with E-state index in [1.54, 1.807) is 6.07 Å². The molecule has 2 nitrogen and oxygen atoms in total. The fourth-order valence-electron chi connectivity index (χ4n) is 1.23. The summed E-state index contributed by atoms with van der Waals surface area (Å²) in [6, 6.07) is 5.30. The van der Waals surface area contributed by atoms with E-state index in [9.17, 15) is 0 Å². The highest BCUT2D eigenvalue weighted by atomic mass is 35.5. The van der Waals surface area contributed by atoms with Crippen LogP contribution in [0.5, 0.6) is 5.75 Å². The van der Waals surface area contributed by atoms with Crippen molar-refractivity contribution in [3.63, 3.8) is 0 Å². The molecule has 1 atom stereocenters. The van der Waals surface area contributed by atoms with Crippen LogP contribution in [0, 0.1) is 12.3 Å². The number of rotatable bonds is 4. The van der Waals surface area contributed by atoms with Gasteiger partial charge in [0.2, 0.25) is 0 Å². The molecule has 80 valence electrons. The van der Waals surface area contributed by atoms with Gasteiger partial charge in [-0.25, -0.2) is 0 Å². The van der Waals surface area contributed by atoms with Crippen molar-refractivity contribution in [3.8, 4) is 18.1 Å². The predicted octanol–water partition coefficient (Wildman–Crippen LogP) is 2.76. The first-order valence-corrected chi connectivity index (χ1v) is 5.14. The molecule has 0 heterocycles. The van der Waals surface area contributed by atoms with Crippen molar-refractivity contribution in [1.82, 2.24) is 0 Å². The van der Waals surface area contributed by atoms with Gasteiger partial charge in [0.15, 0.2) is 0 Å². The molecule has 1 aromatic carbocycles. The molecule has 0 aliphatic rings. The third-order valence-electron chi connectivity index (χ3n) is 1.97. The molecule has 0 saturated carbocycles. The van der Waals surface area contributed by atoms with Crippen LogP contribution in [-0.2, 0) is 0 Å². The number of hydrogen-bond acceptors (Lipinski definition) is 2. The van der Waals surface area contributed by atoms with E-state index >= 15 is 0 Å². The summed E-state index contributed by atoms with van der Waals surface area (Å²) in [5, 5.41) is 0.659. The third-order valence-corrected chi connectivity index (χ3v) is 2.20. The van der Waals surface area contributed by atoms with Gasteiger partial charge in [-0.2, -0.15) is 0 Å². The largest absolute Gasteiger partial charge is 0.492 e. The zero-order valence-electron chi connectivity index (χ0n) is 8.66. The van der Waals surface area contributed by atoms with E-state index in [1.165, 1.54) is 0 Å². The van der Waals surface area contributed by atoms with Crippen molar-refractivity contribution in [2.45, 2.75) is 19.4 Å². The Morgan fingerprint density at radius 3 is 2.93 bits per heavy atom. The zero-order chi connectivity index (χ0) is 11.3. The molecule has 0 radical (unpaired) electrons. The molecular weight excluding hydrogens is 210 g/mol. The van der Waals surface area contributed by atoms with Gasteiger partial charge < -0.3 is 10.5 Å². The Morgan fingerprint density at radius 2 is 2.33 bits per heavy atom. The molecule has 0 aromatic heterocycles. The third kappa shape index (κ3) is 3.47. The van der Waals surface area contributed by atoms with Gasteiger partial charge in [-0.1, -0.05) is 11.6 Å². The maximum atomic E-state index is 5.88. The van der Waals surface area contributed by atoms with Crippen molar-refractivity contribution in [2.75, 3.05) is 6.61 Å². The van der Waals surface area contributed by atoms with Crippen molar-refractivity contribution >= 4 is 11.6 Å². The van der Waals surface area contributed by atoms with Gasteiger partial charge in [0, 0.05) is 23.0 Å². The normalized spacial score (nSPS) is 11.9. The summed E-state index contributed by atoms with van der Waals surface area (Å²) >= 11 is 5.88. The van der Waals surface area contributed by atoms with Crippen LogP contribution in [0.25, 0.3) is 0 Å². The van der Waals surface area contributed by atoms with Gasteiger partial charge in [0.1, 0.15) is 5.75 Å². The summed E-state index contributed by atoms with van der Waals surface area (Å²) in [4.78, 5) is 0. The van der Waals surface area contributed by atoms with Gasteiger partial charge in [0.25, 0.3) is 0 Å². The van der Waals surface area contributed by atoms with Gasteiger partial charge in [-0.3, -0.25) is 0 Å². The van der Waals surface area contributed by atoms with Crippen LogP contribution in [0.3, 0.4) is 0 Å². The van der Waals surface area contributed by atoms with Gasteiger partial charge in [-0.05, 0) is 25.1 Å². The molecule has 0 unspecified atom stereocenters. The molecule has 0 fully saturated rings. The standard InChI is InChI=1S/C12H14ClNO/c1-3-4-7-15-12-6-5-10(13)8-11(12)9(2)14/h1,5-6,8-9H,4,7,14H2,2H3/t9-/m0/s1. The van der Waals surface area contributed by atoms with Gasteiger partial charge in [-0.15, -0.1) is 12.3 Å². The van der Waals surface area contributed by atoms with Crippen LogP contribution in [-0.4, -0.2) is 6.61 Å². The molecule has 15 heavy (non-hydrogen) atoms. The Hall–Kier alpha value is -1.17. The van der Waals surface area contributed by atoms with Crippen LogP contribution in [0.1, 0.15) is 24.9 Å². The lowest BCUT2D eigenvalue weighted by atomic mass is 10.1. The maximum Gasteiger partial charge on any atom is 0.124 e. The van der Waals surface area contributed by atoms with E-state index in [0.717, 1.165) is 11.3 Å². The van der Waals surface area contributed by atoms with Crippen molar-refractivity contribution < 1.29 is 4.74 Å². The van der Waals surface area contributed by atoms with Crippen molar-refractivity contribution in [1.29, 1.82) is 0 Å². The lowest BCUT2D eigenvalue weighted by Gasteiger charge is -2.13. The topological polar surface area (TPSA) is 35.2 Å². The van der Waals surface area contributed by atoms with E-state index in [4.69, 9.17) is 28.5 Å². The minimum atomic E-state index is -0.107. The number of hydrogen-bond donors (Lipinski definition) is 1. The minimum absolute atomic E-state index is 0.107. The number of nitrogens with two attached hydrogens (primary N) is 1.